The number of piperidine rings is 1. The average molecular weight is 1010 g/mol. The molecular weight excluding hydrogens is 921 g/mol. The highest BCUT2D eigenvalue weighted by Gasteiger charge is 2.13. The minimum absolute atomic E-state index is 0.00694. The van der Waals surface area contributed by atoms with Gasteiger partial charge in [0.1, 0.15) is 17.5 Å². The number of unbranched alkanes of at least 4 members (excludes halogenated alkanes) is 1. The SMILES string of the molecule is C/C=C(\C)C(=O)NC.C=C(C)/C=C(\C)F.CC.CCCCNC(=O)c1ccc(C)cc1F.CN.Cc1ccc(C(=O)NCCCN2CCCCC2)c(F)c1.Cc1ccc(C=O)c(F)c1.Cc1cccc(N)c1. The number of halogens is 4. The van der Waals surface area contributed by atoms with Crippen molar-refractivity contribution in [2.45, 2.75) is 115 Å². The summed E-state index contributed by atoms with van der Waals surface area (Å²) in [4.78, 5) is 46.5. The minimum Gasteiger partial charge on any atom is -0.399 e. The highest BCUT2D eigenvalue weighted by atomic mass is 19.1. The molecule has 0 atom stereocenters. The topological polar surface area (TPSA) is 160 Å². The number of carbonyl (C=O) groups is 4. The molecule has 4 aromatic carbocycles. The molecular formula is C58H86F4N6O4. The molecule has 0 bridgehead atoms. The molecule has 0 aliphatic carbocycles. The van der Waals surface area contributed by atoms with Crippen LogP contribution in [0.25, 0.3) is 0 Å². The Balaban J connectivity index is -0.000000817. The number of likely N-dealkylation sites (tertiary alicyclic amines) is 1. The van der Waals surface area contributed by atoms with E-state index in [1.807, 2.05) is 65.8 Å². The highest BCUT2D eigenvalue weighted by Crippen LogP contribution is 2.12. The number of nitrogen functional groups attached to an aromatic ring is 1. The molecule has 1 saturated heterocycles. The van der Waals surface area contributed by atoms with Gasteiger partial charge >= 0.3 is 0 Å². The van der Waals surface area contributed by atoms with Crippen molar-refractivity contribution in [3.05, 3.63) is 171 Å². The lowest BCUT2D eigenvalue weighted by Crippen LogP contribution is -2.33. The number of allylic oxidation sites excluding steroid dienone is 4. The summed E-state index contributed by atoms with van der Waals surface area (Å²) in [5, 5.41) is 7.98. The number of amides is 3. The van der Waals surface area contributed by atoms with Crippen LogP contribution in [0.1, 0.15) is 140 Å². The third-order valence-corrected chi connectivity index (χ3v) is 9.73. The summed E-state index contributed by atoms with van der Waals surface area (Å²) in [5.74, 6) is -2.19. The van der Waals surface area contributed by atoms with E-state index in [1.165, 1.54) is 88.3 Å². The first-order valence-electron chi connectivity index (χ1n) is 24.5. The van der Waals surface area contributed by atoms with Gasteiger partial charge in [-0.3, -0.25) is 19.2 Å². The fourth-order valence-corrected chi connectivity index (χ4v) is 5.93. The molecule has 5 rings (SSSR count). The van der Waals surface area contributed by atoms with Gasteiger partial charge in [0.15, 0.2) is 6.29 Å². The van der Waals surface area contributed by atoms with Gasteiger partial charge in [0.05, 0.1) is 22.5 Å². The molecule has 3 amide bonds. The van der Waals surface area contributed by atoms with E-state index in [2.05, 4.69) is 33.2 Å². The molecule has 10 nitrogen and oxygen atoms in total. The molecule has 4 aromatic rings. The van der Waals surface area contributed by atoms with Gasteiger partial charge in [-0.2, -0.15) is 0 Å². The van der Waals surface area contributed by atoms with Crippen LogP contribution in [-0.2, 0) is 4.79 Å². The van der Waals surface area contributed by atoms with Crippen molar-refractivity contribution < 1.29 is 36.7 Å². The Hall–Kier alpha value is -6.38. The number of hydrogen-bond acceptors (Lipinski definition) is 7. The molecule has 1 heterocycles. The van der Waals surface area contributed by atoms with Crippen LogP contribution in [0.4, 0.5) is 23.2 Å². The van der Waals surface area contributed by atoms with E-state index < -0.39 is 17.5 Å². The van der Waals surface area contributed by atoms with Gasteiger partial charge in [-0.25, -0.2) is 17.6 Å². The van der Waals surface area contributed by atoms with Gasteiger partial charge < -0.3 is 32.3 Å². The number of aldehydes is 1. The third-order valence-electron chi connectivity index (χ3n) is 9.73. The number of rotatable bonds is 12. The zero-order chi connectivity index (χ0) is 55.6. The van der Waals surface area contributed by atoms with Crippen molar-refractivity contribution in [1.82, 2.24) is 20.9 Å². The van der Waals surface area contributed by atoms with E-state index in [9.17, 15) is 36.7 Å². The molecule has 0 unspecified atom stereocenters. The summed E-state index contributed by atoms with van der Waals surface area (Å²) in [6.45, 7) is 28.2. The number of nitrogens with zero attached hydrogens (tertiary/aromatic N) is 1. The molecule has 1 fully saturated rings. The fraction of sp³-hybridized carbons (Fsp3) is 0.414. The maximum atomic E-state index is 13.6. The van der Waals surface area contributed by atoms with Crippen LogP contribution < -0.4 is 27.4 Å². The van der Waals surface area contributed by atoms with Gasteiger partial charge in [-0.1, -0.05) is 82.2 Å². The number of likely N-dealkylation sites (N-methyl/N-ethyl adjacent to an activating group) is 1. The van der Waals surface area contributed by atoms with Crippen LogP contribution in [0.15, 0.2) is 115 Å². The summed E-state index contributed by atoms with van der Waals surface area (Å²) in [6.07, 6.45) is 10.4. The van der Waals surface area contributed by atoms with E-state index in [0.29, 0.717) is 19.4 Å². The van der Waals surface area contributed by atoms with Crippen LogP contribution in [0, 0.1) is 45.1 Å². The van der Waals surface area contributed by atoms with Crippen LogP contribution in [0.2, 0.25) is 0 Å². The number of nitrogens with two attached hydrogens (primary N) is 2. The number of anilines is 1. The molecule has 0 spiro atoms. The lowest BCUT2D eigenvalue weighted by molar-refractivity contribution is -0.117. The quantitative estimate of drug-likeness (QED) is 0.0236. The number of aryl methyl sites for hydroxylation is 4. The summed E-state index contributed by atoms with van der Waals surface area (Å²) in [5.41, 5.74) is 16.4. The van der Waals surface area contributed by atoms with E-state index in [0.717, 1.165) is 59.3 Å². The maximum Gasteiger partial charge on any atom is 0.254 e. The Morgan fingerprint density at radius 1 is 0.708 bits per heavy atom. The normalized spacial score (nSPS) is 11.4. The monoisotopic (exact) mass is 1010 g/mol. The van der Waals surface area contributed by atoms with E-state index >= 15 is 0 Å². The fourth-order valence-electron chi connectivity index (χ4n) is 5.93. The van der Waals surface area contributed by atoms with E-state index in [1.54, 1.807) is 65.1 Å². The minimum atomic E-state index is -0.455. The first kappa shape index (κ1) is 69.9. The Morgan fingerprint density at radius 2 is 1.17 bits per heavy atom. The van der Waals surface area contributed by atoms with Gasteiger partial charge in [-0.05, 0) is 185 Å². The Labute approximate surface area is 429 Å². The lowest BCUT2D eigenvalue weighted by Gasteiger charge is -2.26. The summed E-state index contributed by atoms with van der Waals surface area (Å²) in [6, 6.07) is 21.6. The predicted molar refractivity (Wildman–Crippen MR) is 294 cm³/mol. The van der Waals surface area contributed by atoms with Crippen molar-refractivity contribution in [2.75, 3.05) is 52.6 Å². The molecule has 1 aliphatic rings. The van der Waals surface area contributed by atoms with Gasteiger partial charge in [0.25, 0.3) is 11.8 Å². The first-order chi connectivity index (χ1) is 34.2. The number of benzene rings is 4. The van der Waals surface area contributed by atoms with Gasteiger partial charge in [0, 0.05) is 31.4 Å². The molecule has 7 N–H and O–H groups in total. The van der Waals surface area contributed by atoms with Crippen LogP contribution in [0.5, 0.6) is 0 Å². The van der Waals surface area contributed by atoms with Gasteiger partial charge in [0.2, 0.25) is 5.91 Å². The molecule has 1 aliphatic heterocycles. The van der Waals surface area contributed by atoms with E-state index in [4.69, 9.17) is 5.73 Å². The van der Waals surface area contributed by atoms with Crippen molar-refractivity contribution in [3.63, 3.8) is 0 Å². The largest absolute Gasteiger partial charge is 0.399 e. The molecule has 0 aromatic heterocycles. The Kier molecular flexibility index (Phi) is 42.1. The second-order valence-corrected chi connectivity index (χ2v) is 16.3. The smallest absolute Gasteiger partial charge is 0.254 e. The summed E-state index contributed by atoms with van der Waals surface area (Å²) in [7, 11) is 3.12. The molecule has 0 saturated carbocycles. The van der Waals surface area contributed by atoms with Gasteiger partial charge in [-0.15, -0.1) is 0 Å². The van der Waals surface area contributed by atoms with Crippen molar-refractivity contribution in [2.24, 2.45) is 5.73 Å². The summed E-state index contributed by atoms with van der Waals surface area (Å²) < 4.78 is 51.4. The second kappa shape index (κ2) is 43.4. The zero-order valence-electron chi connectivity index (χ0n) is 45.5. The second-order valence-electron chi connectivity index (χ2n) is 16.3. The zero-order valence-corrected chi connectivity index (χ0v) is 45.5. The van der Waals surface area contributed by atoms with Crippen molar-refractivity contribution >= 4 is 29.7 Å². The Bertz CT molecular complexity index is 2220. The van der Waals surface area contributed by atoms with Crippen molar-refractivity contribution in [3.8, 4) is 0 Å². The molecule has 0 radical (unpaired) electrons. The number of carbonyl (C=O) groups excluding carboxylic acids is 4. The lowest BCUT2D eigenvalue weighted by atomic mass is 10.1. The predicted octanol–water partition coefficient (Wildman–Crippen LogP) is 12.7. The standard InChI is InChI=1S/C16H23FN2O.C12H16FNO.C8H7FO.C7H9N.C6H9F.C6H11NO.C2H6.CH5N/c1-13-6-7-14(15(17)12-13)16(20)18-8-5-11-19-9-3-2-4-10-19;1-3-4-7-14-12(15)10-6-5-9(2)8-11(10)13;1-6-2-3-7(5-10)8(9)4-6;1-6-3-2-4-7(8)5-6;1-5(2)4-6(3)7;1-4-5(2)6(8)7-3;2*1-2/h6-7,12H,2-5,8-11H2,1H3,(H,18,20);5-6,8H,3-4,7H2,1-2H3,(H,14,15);2-5H,1H3;2-5H,8H2,1H3;4H,1H2,2-3H3;4H,1-3H3,(H,7,8);1-2H3;2H2,1H3/b;;;;6-4+;5-4+;;. The number of hydrogen-bond donors (Lipinski definition) is 5. The number of nitrogens with one attached hydrogen (secondary N) is 3. The maximum absolute atomic E-state index is 13.6. The first-order valence-corrected chi connectivity index (χ1v) is 24.5. The average Bonchev–Trinajstić information content (AvgIpc) is 3.34. The third kappa shape index (κ3) is 34.8. The molecule has 72 heavy (non-hydrogen) atoms. The highest BCUT2D eigenvalue weighted by molar-refractivity contribution is 5.95. The van der Waals surface area contributed by atoms with Crippen LogP contribution >= 0.6 is 0 Å². The van der Waals surface area contributed by atoms with Crippen LogP contribution in [0.3, 0.4) is 0 Å². The molecule has 14 heteroatoms. The van der Waals surface area contributed by atoms with Crippen LogP contribution in [-0.4, -0.2) is 75.7 Å². The Morgan fingerprint density at radius 3 is 1.50 bits per heavy atom. The summed E-state index contributed by atoms with van der Waals surface area (Å²) >= 11 is 0. The van der Waals surface area contributed by atoms with Crippen molar-refractivity contribution in [1.29, 1.82) is 0 Å². The van der Waals surface area contributed by atoms with E-state index in [-0.39, 0.29) is 40.2 Å². The molecule has 400 valence electrons.